The van der Waals surface area contributed by atoms with Gasteiger partial charge < -0.3 is 10.2 Å². The summed E-state index contributed by atoms with van der Waals surface area (Å²) < 4.78 is 0. The van der Waals surface area contributed by atoms with Crippen LogP contribution in [0, 0.1) is 0 Å². The number of carbonyl (C=O) groups excluding carboxylic acids is 1. The van der Waals surface area contributed by atoms with E-state index in [1.807, 2.05) is 30.3 Å². The maximum absolute atomic E-state index is 12.2. The van der Waals surface area contributed by atoms with Crippen molar-refractivity contribution in [3.63, 3.8) is 0 Å². The van der Waals surface area contributed by atoms with E-state index in [4.69, 9.17) is 0 Å². The molecule has 1 aliphatic heterocycles. The number of aromatic nitrogens is 1. The lowest BCUT2D eigenvalue weighted by Gasteiger charge is -2.31. The average molecular weight is 262 g/mol. The Balaban J connectivity index is 1.89. The van der Waals surface area contributed by atoms with Crippen molar-refractivity contribution in [1.82, 2.24) is 20.1 Å². The normalized spacial score (nSPS) is 17.5. The van der Waals surface area contributed by atoms with Gasteiger partial charge in [-0.1, -0.05) is 6.07 Å². The molecule has 1 saturated heterocycles. The highest BCUT2D eigenvalue weighted by Crippen LogP contribution is 2.17. The highest BCUT2D eigenvalue weighted by molar-refractivity contribution is 5.78. The molecule has 2 rings (SSSR count). The number of pyridine rings is 1. The molecule has 5 heteroatoms. The monoisotopic (exact) mass is 262 g/mol. The second-order valence-electron chi connectivity index (χ2n) is 5.01. The summed E-state index contributed by atoms with van der Waals surface area (Å²) in [5.41, 5.74) is 1.14. The van der Waals surface area contributed by atoms with E-state index >= 15 is 0 Å². The van der Waals surface area contributed by atoms with Gasteiger partial charge in [0.05, 0.1) is 6.54 Å². The predicted octanol–water partition coefficient (Wildman–Crippen LogP) is 0.506. The molecule has 1 amide bonds. The molecule has 0 saturated carbocycles. The Kier molecular flexibility index (Phi) is 4.87. The number of hydrogen-bond donors (Lipinski definition) is 1. The van der Waals surface area contributed by atoms with Crippen molar-refractivity contribution in [2.24, 2.45) is 0 Å². The van der Waals surface area contributed by atoms with Crippen LogP contribution in [-0.4, -0.2) is 60.5 Å². The van der Waals surface area contributed by atoms with Gasteiger partial charge in [-0.25, -0.2) is 0 Å². The zero-order valence-electron chi connectivity index (χ0n) is 11.7. The summed E-state index contributed by atoms with van der Waals surface area (Å²) in [7, 11) is 1.98. The summed E-state index contributed by atoms with van der Waals surface area (Å²) in [5, 5.41) is 3.26. The molecular weight excluding hydrogens is 240 g/mol. The summed E-state index contributed by atoms with van der Waals surface area (Å²) in [4.78, 5) is 20.3. The van der Waals surface area contributed by atoms with E-state index in [0.29, 0.717) is 6.54 Å². The van der Waals surface area contributed by atoms with Gasteiger partial charge in [-0.3, -0.25) is 14.7 Å². The molecule has 1 aromatic rings. The van der Waals surface area contributed by atoms with Crippen molar-refractivity contribution in [1.29, 1.82) is 0 Å². The number of nitrogens with one attached hydrogen (secondary N) is 1. The van der Waals surface area contributed by atoms with Gasteiger partial charge in [0.2, 0.25) is 5.91 Å². The molecule has 0 spiro atoms. The molecule has 1 N–H and O–H groups in total. The van der Waals surface area contributed by atoms with Crippen molar-refractivity contribution in [3.05, 3.63) is 30.1 Å². The summed E-state index contributed by atoms with van der Waals surface area (Å²) in [6.45, 7) is 5.97. The van der Waals surface area contributed by atoms with E-state index in [-0.39, 0.29) is 11.9 Å². The van der Waals surface area contributed by atoms with Gasteiger partial charge in [0.25, 0.3) is 0 Å². The Morgan fingerprint density at radius 2 is 2.26 bits per heavy atom. The molecular formula is C14H22N4O. The van der Waals surface area contributed by atoms with E-state index in [1.54, 1.807) is 6.20 Å². The molecule has 104 valence electrons. The maximum Gasteiger partial charge on any atom is 0.236 e. The molecule has 19 heavy (non-hydrogen) atoms. The van der Waals surface area contributed by atoms with E-state index in [1.165, 1.54) is 0 Å². The van der Waals surface area contributed by atoms with Crippen molar-refractivity contribution in [2.45, 2.75) is 13.0 Å². The Morgan fingerprint density at radius 3 is 2.89 bits per heavy atom. The number of piperazine rings is 1. The highest BCUT2D eigenvalue weighted by atomic mass is 16.2. The first-order valence-electron chi connectivity index (χ1n) is 6.77. The topological polar surface area (TPSA) is 48.5 Å². The van der Waals surface area contributed by atoms with E-state index in [2.05, 4.69) is 22.1 Å². The number of hydrogen-bond acceptors (Lipinski definition) is 4. The van der Waals surface area contributed by atoms with Crippen LogP contribution in [0.5, 0.6) is 0 Å². The van der Waals surface area contributed by atoms with E-state index < -0.39 is 0 Å². The molecule has 1 fully saturated rings. The van der Waals surface area contributed by atoms with Gasteiger partial charge >= 0.3 is 0 Å². The third kappa shape index (κ3) is 3.75. The molecule has 1 aliphatic rings. The molecule has 0 radical (unpaired) electrons. The summed E-state index contributed by atoms with van der Waals surface area (Å²) in [6.07, 6.45) is 3.62. The zero-order valence-corrected chi connectivity index (χ0v) is 11.7. The van der Waals surface area contributed by atoms with Crippen molar-refractivity contribution >= 4 is 5.91 Å². The second-order valence-corrected chi connectivity index (χ2v) is 5.01. The standard InChI is InChI=1S/C14H22N4O/c1-12(13-4-3-5-16-10-13)17(2)11-14(19)18-8-6-15-7-9-18/h3-5,10,12,15H,6-9,11H2,1-2H3. The van der Waals surface area contributed by atoms with Gasteiger partial charge in [0, 0.05) is 44.6 Å². The molecule has 0 aromatic carbocycles. The molecule has 5 nitrogen and oxygen atoms in total. The summed E-state index contributed by atoms with van der Waals surface area (Å²) in [5.74, 6) is 0.208. The molecule has 0 bridgehead atoms. The van der Waals surface area contributed by atoms with E-state index in [0.717, 1.165) is 31.7 Å². The van der Waals surface area contributed by atoms with Gasteiger partial charge in [0.1, 0.15) is 0 Å². The lowest BCUT2D eigenvalue weighted by atomic mass is 10.1. The van der Waals surface area contributed by atoms with Crippen LogP contribution in [0.2, 0.25) is 0 Å². The molecule has 1 atom stereocenters. The smallest absolute Gasteiger partial charge is 0.236 e. The minimum Gasteiger partial charge on any atom is -0.339 e. The second kappa shape index (κ2) is 6.63. The highest BCUT2D eigenvalue weighted by Gasteiger charge is 2.20. The quantitative estimate of drug-likeness (QED) is 0.859. The minimum absolute atomic E-state index is 0.195. The Bertz CT molecular complexity index is 403. The van der Waals surface area contributed by atoms with E-state index in [9.17, 15) is 4.79 Å². The lowest BCUT2D eigenvalue weighted by Crippen LogP contribution is -2.49. The van der Waals surface area contributed by atoms with Crippen LogP contribution in [0.3, 0.4) is 0 Å². The fourth-order valence-corrected chi connectivity index (χ4v) is 2.24. The number of amides is 1. The summed E-state index contributed by atoms with van der Waals surface area (Å²) in [6, 6.07) is 4.17. The third-order valence-electron chi connectivity index (χ3n) is 3.68. The fraction of sp³-hybridized carbons (Fsp3) is 0.571. The van der Waals surface area contributed by atoms with Gasteiger partial charge in [-0.15, -0.1) is 0 Å². The molecule has 1 unspecified atom stereocenters. The van der Waals surface area contributed by atoms with Crippen molar-refractivity contribution in [3.8, 4) is 0 Å². The Labute approximate surface area is 114 Å². The fourth-order valence-electron chi connectivity index (χ4n) is 2.24. The first-order valence-corrected chi connectivity index (χ1v) is 6.77. The van der Waals surface area contributed by atoms with Crippen LogP contribution in [0.15, 0.2) is 24.5 Å². The first kappa shape index (κ1) is 14.0. The van der Waals surface area contributed by atoms with Crippen molar-refractivity contribution in [2.75, 3.05) is 39.8 Å². The zero-order chi connectivity index (χ0) is 13.7. The van der Waals surface area contributed by atoms with Crippen LogP contribution in [0.25, 0.3) is 0 Å². The summed E-state index contributed by atoms with van der Waals surface area (Å²) >= 11 is 0. The predicted molar refractivity (Wildman–Crippen MR) is 74.7 cm³/mol. The molecule has 0 aliphatic carbocycles. The number of carbonyl (C=O) groups is 1. The Morgan fingerprint density at radius 1 is 1.53 bits per heavy atom. The average Bonchev–Trinajstić information content (AvgIpc) is 2.48. The molecule has 1 aromatic heterocycles. The lowest BCUT2D eigenvalue weighted by molar-refractivity contribution is -0.133. The first-order chi connectivity index (χ1) is 9.18. The minimum atomic E-state index is 0.195. The van der Waals surface area contributed by atoms with Crippen LogP contribution in [0.1, 0.15) is 18.5 Å². The number of nitrogens with zero attached hydrogens (tertiary/aromatic N) is 3. The van der Waals surface area contributed by atoms with Crippen LogP contribution in [0.4, 0.5) is 0 Å². The van der Waals surface area contributed by atoms with Crippen LogP contribution < -0.4 is 5.32 Å². The van der Waals surface area contributed by atoms with Gasteiger partial charge in [-0.05, 0) is 25.6 Å². The third-order valence-corrected chi connectivity index (χ3v) is 3.68. The maximum atomic E-state index is 12.2. The van der Waals surface area contributed by atoms with Crippen LogP contribution in [-0.2, 0) is 4.79 Å². The number of likely N-dealkylation sites (N-methyl/N-ethyl adjacent to an activating group) is 1. The number of rotatable bonds is 4. The van der Waals surface area contributed by atoms with Crippen LogP contribution >= 0.6 is 0 Å². The van der Waals surface area contributed by atoms with Gasteiger partial charge in [-0.2, -0.15) is 0 Å². The van der Waals surface area contributed by atoms with Crippen molar-refractivity contribution < 1.29 is 4.79 Å². The van der Waals surface area contributed by atoms with Gasteiger partial charge in [0.15, 0.2) is 0 Å². The SMILES string of the molecule is CC(c1cccnc1)N(C)CC(=O)N1CCNCC1. The Hall–Kier alpha value is -1.46. The molecule has 2 heterocycles. The largest absolute Gasteiger partial charge is 0.339 e.